The van der Waals surface area contributed by atoms with E-state index < -0.39 is 20.0 Å². The van der Waals surface area contributed by atoms with Crippen LogP contribution in [0.3, 0.4) is 0 Å². The first-order valence-electron chi connectivity index (χ1n) is 32.3. The van der Waals surface area contributed by atoms with Crippen LogP contribution in [0, 0.1) is 0 Å². The number of quaternary nitrogens is 1. The molecule has 0 rings (SSSR count). The van der Waals surface area contributed by atoms with Gasteiger partial charge in [-0.2, -0.15) is 0 Å². The average Bonchev–Trinajstić information content (AvgIpc) is 3.37. The Morgan fingerprint density at radius 2 is 0.813 bits per heavy atom. The molecule has 0 aliphatic heterocycles. The van der Waals surface area contributed by atoms with Gasteiger partial charge in [-0.15, -0.1) is 0 Å². The lowest BCUT2D eigenvalue weighted by molar-refractivity contribution is -0.870. The maximum absolute atomic E-state index is 13.6. The molecule has 0 aliphatic rings. The van der Waals surface area contributed by atoms with Gasteiger partial charge in [0.25, 0.3) is 0 Å². The molecule has 0 heterocycles. The predicted molar refractivity (Wildman–Crippen MR) is 323 cm³/mol. The fourth-order valence-electron chi connectivity index (χ4n) is 9.56. The van der Waals surface area contributed by atoms with E-state index in [1.165, 1.54) is 218 Å². The summed E-state index contributed by atoms with van der Waals surface area (Å²) < 4.78 is 30.7. The highest BCUT2D eigenvalue weighted by molar-refractivity contribution is 7.47. The van der Waals surface area contributed by atoms with Crippen molar-refractivity contribution in [3.8, 4) is 0 Å². The van der Waals surface area contributed by atoms with Crippen LogP contribution in [-0.2, 0) is 27.9 Å². The minimum absolute atomic E-state index is 0.0424. The normalized spacial score (nSPS) is 13.9. The van der Waals surface area contributed by atoms with Gasteiger partial charge >= 0.3 is 13.8 Å². The molecule has 0 bridgehead atoms. The van der Waals surface area contributed by atoms with Gasteiger partial charge in [-0.25, -0.2) is 4.57 Å². The highest BCUT2D eigenvalue weighted by atomic mass is 31.2. The van der Waals surface area contributed by atoms with E-state index in [1.807, 2.05) is 33.3 Å². The third-order valence-corrected chi connectivity index (χ3v) is 15.6. The number of amides is 1. The van der Waals surface area contributed by atoms with Crippen molar-refractivity contribution in [1.82, 2.24) is 5.32 Å². The lowest BCUT2D eigenvalue weighted by atomic mass is 10.0. The number of carbonyl (C=O) groups is 2. The predicted octanol–water partition coefficient (Wildman–Crippen LogP) is 19.9. The second-order valence-corrected chi connectivity index (χ2v) is 24.7. The van der Waals surface area contributed by atoms with Gasteiger partial charge < -0.3 is 19.4 Å². The Labute approximate surface area is 466 Å². The number of phosphoric ester groups is 1. The summed E-state index contributed by atoms with van der Waals surface area (Å²) in [6.45, 7) is 7.03. The second kappa shape index (κ2) is 55.5. The summed E-state index contributed by atoms with van der Waals surface area (Å²) in [7, 11) is 1.51. The second-order valence-electron chi connectivity index (χ2n) is 23.3. The van der Waals surface area contributed by atoms with E-state index in [2.05, 4.69) is 50.4 Å². The molecule has 10 heteroatoms. The van der Waals surface area contributed by atoms with Gasteiger partial charge in [0.1, 0.15) is 19.3 Å². The molecule has 0 aliphatic carbocycles. The molecule has 0 aromatic heterocycles. The summed E-state index contributed by atoms with van der Waals surface area (Å²) in [6, 6.07) is -0.845. The van der Waals surface area contributed by atoms with Crippen molar-refractivity contribution in [1.29, 1.82) is 0 Å². The number of phosphoric acid groups is 1. The van der Waals surface area contributed by atoms with Crippen molar-refractivity contribution >= 4 is 19.7 Å². The van der Waals surface area contributed by atoms with Gasteiger partial charge in [-0.3, -0.25) is 18.6 Å². The van der Waals surface area contributed by atoms with Crippen LogP contribution >= 0.6 is 7.82 Å². The van der Waals surface area contributed by atoms with E-state index in [4.69, 9.17) is 13.8 Å². The number of unbranched alkanes of at least 4 members (excludes halogenated alkanes) is 39. The Morgan fingerprint density at radius 1 is 0.467 bits per heavy atom. The minimum Gasteiger partial charge on any atom is -0.456 e. The zero-order valence-corrected chi connectivity index (χ0v) is 51.5. The fourth-order valence-corrected chi connectivity index (χ4v) is 10.3. The fraction of sp³-hybridized carbons (Fsp3) is 0.877. The first-order valence-corrected chi connectivity index (χ1v) is 33.8. The number of rotatable bonds is 59. The molecular formula is C65H126N2O7P+. The smallest absolute Gasteiger partial charge is 0.456 e. The number of hydrogen-bond acceptors (Lipinski definition) is 6. The molecule has 0 aromatic rings. The van der Waals surface area contributed by atoms with Crippen molar-refractivity contribution in [2.45, 2.75) is 328 Å². The molecule has 442 valence electrons. The van der Waals surface area contributed by atoms with Crippen LogP contribution in [0.2, 0.25) is 0 Å². The van der Waals surface area contributed by atoms with E-state index in [-0.39, 0.29) is 25.1 Å². The summed E-state index contributed by atoms with van der Waals surface area (Å²) in [5, 5.41) is 3.07. The SMILES string of the molecule is CCCCC/C=C\C/C=C\CCCCCCCCCCCCCC(=O)NC(COP(=O)(O)OCC[N+](C)(C)C)C(/C=C\CCCCCCCCCCCCC)OC(=O)CCCCCCCCCCCCCCCCC. The molecule has 3 atom stereocenters. The lowest BCUT2D eigenvalue weighted by Gasteiger charge is -2.27. The Morgan fingerprint density at radius 3 is 1.23 bits per heavy atom. The van der Waals surface area contributed by atoms with Crippen LogP contribution in [0.25, 0.3) is 0 Å². The molecule has 0 aromatic carbocycles. The first kappa shape index (κ1) is 73.2. The molecule has 0 fully saturated rings. The number of hydrogen-bond donors (Lipinski definition) is 2. The van der Waals surface area contributed by atoms with Crippen molar-refractivity contribution in [2.75, 3.05) is 40.9 Å². The largest absolute Gasteiger partial charge is 0.472 e. The van der Waals surface area contributed by atoms with Gasteiger partial charge in [0.15, 0.2) is 0 Å². The van der Waals surface area contributed by atoms with E-state index in [1.54, 1.807) is 0 Å². The number of allylic oxidation sites excluding steroid dienone is 5. The Balaban J connectivity index is 5.20. The number of nitrogens with zero attached hydrogens (tertiary/aromatic N) is 1. The van der Waals surface area contributed by atoms with Crippen molar-refractivity contribution in [2.24, 2.45) is 0 Å². The molecule has 1 amide bonds. The number of ether oxygens (including phenoxy) is 1. The molecule has 0 radical (unpaired) electrons. The Bertz CT molecular complexity index is 1380. The monoisotopic (exact) mass is 1080 g/mol. The third kappa shape index (κ3) is 56.8. The molecule has 75 heavy (non-hydrogen) atoms. The first-order chi connectivity index (χ1) is 36.4. The summed E-state index contributed by atoms with van der Waals surface area (Å²) >= 11 is 0. The molecule has 0 saturated carbocycles. The van der Waals surface area contributed by atoms with E-state index in [0.29, 0.717) is 23.9 Å². The standard InChI is InChI=1S/C65H125N2O7P/c1-7-10-13-16-19-22-25-28-30-31-32-33-34-35-37-39-42-45-48-51-54-57-64(68)66-62(61-73-75(70,71)72-60-59-67(4,5)6)63(56-53-50-47-44-41-38-27-24-21-18-15-12-9-3)74-65(69)58-55-52-49-46-43-40-36-29-26-23-20-17-14-11-8-2/h19,22,28,30,53,56,62-63H,7-18,20-21,23-27,29,31-52,54-55,57-61H2,1-6H3,(H-,66,68,70,71)/p+1/b22-19-,30-28-,56-53-. The van der Waals surface area contributed by atoms with Crippen LogP contribution in [-0.4, -0.2) is 74.3 Å². The van der Waals surface area contributed by atoms with Gasteiger partial charge in [0.05, 0.1) is 33.8 Å². The topological polar surface area (TPSA) is 111 Å². The van der Waals surface area contributed by atoms with Gasteiger partial charge in [0.2, 0.25) is 5.91 Å². The van der Waals surface area contributed by atoms with Gasteiger partial charge in [0, 0.05) is 12.8 Å². The van der Waals surface area contributed by atoms with Crippen LogP contribution in [0.4, 0.5) is 0 Å². The summed E-state index contributed by atoms with van der Waals surface area (Å²) in [6.07, 6.45) is 67.0. The van der Waals surface area contributed by atoms with Crippen molar-refractivity contribution < 1.29 is 37.3 Å². The molecular weight excluding hydrogens is 952 g/mol. The molecule has 0 spiro atoms. The van der Waals surface area contributed by atoms with E-state index in [9.17, 15) is 19.0 Å². The minimum atomic E-state index is -4.45. The van der Waals surface area contributed by atoms with Gasteiger partial charge in [-0.05, 0) is 63.9 Å². The highest BCUT2D eigenvalue weighted by Crippen LogP contribution is 2.43. The lowest BCUT2D eigenvalue weighted by Crippen LogP contribution is -2.47. The Kier molecular flexibility index (Phi) is 54.2. The van der Waals surface area contributed by atoms with Crippen LogP contribution in [0.5, 0.6) is 0 Å². The molecule has 2 N–H and O–H groups in total. The highest BCUT2D eigenvalue weighted by Gasteiger charge is 2.30. The average molecular weight is 1080 g/mol. The summed E-state index contributed by atoms with van der Waals surface area (Å²) in [5.74, 6) is -0.492. The van der Waals surface area contributed by atoms with Crippen LogP contribution in [0.1, 0.15) is 316 Å². The summed E-state index contributed by atoms with van der Waals surface area (Å²) in [5.41, 5.74) is 0. The van der Waals surface area contributed by atoms with Crippen LogP contribution < -0.4 is 5.32 Å². The maximum Gasteiger partial charge on any atom is 0.472 e. The zero-order valence-electron chi connectivity index (χ0n) is 50.6. The zero-order chi connectivity index (χ0) is 55.0. The van der Waals surface area contributed by atoms with E-state index >= 15 is 0 Å². The number of likely N-dealkylation sites (N-methyl/N-ethyl adjacent to an activating group) is 1. The van der Waals surface area contributed by atoms with E-state index in [0.717, 1.165) is 64.2 Å². The quantitative estimate of drug-likeness (QED) is 0.0205. The summed E-state index contributed by atoms with van der Waals surface area (Å²) in [4.78, 5) is 37.8. The van der Waals surface area contributed by atoms with Gasteiger partial charge in [-0.1, -0.05) is 276 Å². The number of nitrogens with one attached hydrogen (secondary N) is 1. The Hall–Kier alpha value is -1.77. The number of carbonyl (C=O) groups excluding carboxylic acids is 2. The molecule has 9 nitrogen and oxygen atoms in total. The third-order valence-electron chi connectivity index (χ3n) is 14.6. The molecule has 3 unspecified atom stereocenters. The van der Waals surface area contributed by atoms with Crippen molar-refractivity contribution in [3.05, 3.63) is 36.5 Å². The maximum atomic E-state index is 13.6. The van der Waals surface area contributed by atoms with Crippen molar-refractivity contribution in [3.63, 3.8) is 0 Å². The molecule has 0 saturated heterocycles. The number of esters is 1. The van der Waals surface area contributed by atoms with Crippen LogP contribution in [0.15, 0.2) is 36.5 Å².